The van der Waals surface area contributed by atoms with Gasteiger partial charge in [0.1, 0.15) is 0 Å². The summed E-state index contributed by atoms with van der Waals surface area (Å²) in [6.45, 7) is 2.22. The van der Waals surface area contributed by atoms with Gasteiger partial charge in [0.15, 0.2) is 0 Å². The molecule has 4 atom stereocenters. The van der Waals surface area contributed by atoms with Crippen LogP contribution in [0.15, 0.2) is 24.3 Å². The summed E-state index contributed by atoms with van der Waals surface area (Å²) in [4.78, 5) is 0. The molecule has 2 bridgehead atoms. The zero-order chi connectivity index (χ0) is 12.5. The van der Waals surface area contributed by atoms with Gasteiger partial charge in [0.05, 0.1) is 12.2 Å². The van der Waals surface area contributed by atoms with Gasteiger partial charge in [0.25, 0.3) is 0 Å². The highest BCUT2D eigenvalue weighted by atomic mass is 16.5. The molecule has 3 rings (SSSR count). The first kappa shape index (κ1) is 12.2. The van der Waals surface area contributed by atoms with E-state index in [2.05, 4.69) is 31.2 Å². The molecule has 18 heavy (non-hydrogen) atoms. The van der Waals surface area contributed by atoms with Gasteiger partial charge in [-0.25, -0.2) is 0 Å². The van der Waals surface area contributed by atoms with Gasteiger partial charge in [-0.2, -0.15) is 0 Å². The van der Waals surface area contributed by atoms with Gasteiger partial charge in [-0.1, -0.05) is 37.6 Å². The predicted molar refractivity (Wildman–Crippen MR) is 73.4 cm³/mol. The molecule has 2 heterocycles. The first-order valence-electron chi connectivity index (χ1n) is 7.28. The summed E-state index contributed by atoms with van der Waals surface area (Å²) < 4.78 is 5.93. The van der Waals surface area contributed by atoms with Crippen LogP contribution in [-0.2, 0) is 11.2 Å². The molecule has 2 nitrogen and oxygen atoms in total. The highest BCUT2D eigenvalue weighted by Gasteiger charge is 2.43. The van der Waals surface area contributed by atoms with Crippen molar-refractivity contribution in [2.45, 2.75) is 57.3 Å². The molecule has 2 aliphatic heterocycles. The molecule has 0 aliphatic carbocycles. The molecule has 2 aliphatic rings. The summed E-state index contributed by atoms with van der Waals surface area (Å²) >= 11 is 0. The minimum Gasteiger partial charge on any atom is -0.375 e. The topological polar surface area (TPSA) is 35.2 Å². The SMILES string of the molecule is CCCc1cccc(C(N)C2CC3CCC2O3)c1. The van der Waals surface area contributed by atoms with Crippen molar-refractivity contribution < 1.29 is 4.74 Å². The van der Waals surface area contributed by atoms with Crippen LogP contribution in [0.2, 0.25) is 0 Å². The fraction of sp³-hybridized carbons (Fsp3) is 0.625. The Kier molecular flexibility index (Phi) is 3.40. The van der Waals surface area contributed by atoms with E-state index in [-0.39, 0.29) is 6.04 Å². The number of hydrogen-bond acceptors (Lipinski definition) is 2. The van der Waals surface area contributed by atoms with E-state index in [9.17, 15) is 0 Å². The lowest BCUT2D eigenvalue weighted by molar-refractivity contribution is 0.0885. The summed E-state index contributed by atoms with van der Waals surface area (Å²) in [6, 6.07) is 8.97. The van der Waals surface area contributed by atoms with Crippen molar-refractivity contribution in [2.75, 3.05) is 0 Å². The molecule has 1 aromatic carbocycles. The molecular formula is C16H23NO. The van der Waals surface area contributed by atoms with Crippen molar-refractivity contribution >= 4 is 0 Å². The highest BCUT2D eigenvalue weighted by molar-refractivity contribution is 5.27. The molecule has 4 unspecified atom stereocenters. The monoisotopic (exact) mass is 245 g/mol. The fourth-order valence-electron chi connectivity index (χ4n) is 3.55. The highest BCUT2D eigenvalue weighted by Crippen LogP contribution is 2.43. The normalized spacial score (nSPS) is 31.8. The van der Waals surface area contributed by atoms with E-state index in [1.54, 1.807) is 0 Å². The molecule has 2 N–H and O–H groups in total. The van der Waals surface area contributed by atoms with Gasteiger partial charge < -0.3 is 10.5 Å². The average molecular weight is 245 g/mol. The minimum atomic E-state index is 0.150. The Balaban J connectivity index is 1.75. The number of aryl methyl sites for hydroxylation is 1. The summed E-state index contributed by atoms with van der Waals surface area (Å²) in [5.41, 5.74) is 9.18. The van der Waals surface area contributed by atoms with Crippen LogP contribution < -0.4 is 5.73 Å². The van der Waals surface area contributed by atoms with Crippen molar-refractivity contribution in [3.8, 4) is 0 Å². The van der Waals surface area contributed by atoms with Crippen molar-refractivity contribution in [3.63, 3.8) is 0 Å². The van der Waals surface area contributed by atoms with E-state index in [4.69, 9.17) is 10.5 Å². The molecule has 0 spiro atoms. The number of rotatable bonds is 4. The van der Waals surface area contributed by atoms with Crippen molar-refractivity contribution in [3.05, 3.63) is 35.4 Å². The van der Waals surface area contributed by atoms with Crippen LogP contribution in [0.5, 0.6) is 0 Å². The van der Waals surface area contributed by atoms with Gasteiger partial charge in [-0.15, -0.1) is 0 Å². The lowest BCUT2D eigenvalue weighted by atomic mass is 9.81. The van der Waals surface area contributed by atoms with Crippen molar-refractivity contribution in [1.82, 2.24) is 0 Å². The third-order valence-electron chi connectivity index (χ3n) is 4.49. The Labute approximate surface area is 110 Å². The summed E-state index contributed by atoms with van der Waals surface area (Å²) in [6.07, 6.45) is 6.85. The van der Waals surface area contributed by atoms with Crippen LogP contribution in [0, 0.1) is 5.92 Å². The zero-order valence-electron chi connectivity index (χ0n) is 11.1. The van der Waals surface area contributed by atoms with Crippen LogP contribution in [0.3, 0.4) is 0 Å². The molecule has 2 fully saturated rings. The average Bonchev–Trinajstić information content (AvgIpc) is 3.01. The molecule has 0 aromatic heterocycles. The predicted octanol–water partition coefficient (Wildman–Crippen LogP) is 3.21. The first-order chi connectivity index (χ1) is 8.78. The van der Waals surface area contributed by atoms with Crippen LogP contribution in [0.1, 0.15) is 49.8 Å². The van der Waals surface area contributed by atoms with Crippen LogP contribution in [-0.4, -0.2) is 12.2 Å². The van der Waals surface area contributed by atoms with E-state index >= 15 is 0 Å². The van der Waals surface area contributed by atoms with Crippen LogP contribution in [0.4, 0.5) is 0 Å². The maximum Gasteiger partial charge on any atom is 0.0627 e. The largest absolute Gasteiger partial charge is 0.375 e. The Morgan fingerprint density at radius 3 is 2.94 bits per heavy atom. The van der Waals surface area contributed by atoms with Crippen LogP contribution >= 0.6 is 0 Å². The first-order valence-corrected chi connectivity index (χ1v) is 7.28. The molecule has 98 valence electrons. The van der Waals surface area contributed by atoms with E-state index in [0.29, 0.717) is 18.1 Å². The molecule has 2 saturated heterocycles. The summed E-state index contributed by atoms with van der Waals surface area (Å²) in [5.74, 6) is 0.528. The Morgan fingerprint density at radius 2 is 2.28 bits per heavy atom. The number of hydrogen-bond donors (Lipinski definition) is 1. The number of ether oxygens (including phenoxy) is 1. The summed E-state index contributed by atoms with van der Waals surface area (Å²) in [5, 5.41) is 0. The lowest BCUT2D eigenvalue weighted by Gasteiger charge is -2.25. The molecule has 0 saturated carbocycles. The maximum absolute atomic E-state index is 6.47. The van der Waals surface area contributed by atoms with Gasteiger partial charge >= 0.3 is 0 Å². The number of nitrogens with two attached hydrogens (primary N) is 1. The second-order valence-corrected chi connectivity index (χ2v) is 5.79. The molecule has 0 radical (unpaired) electrons. The Morgan fingerprint density at radius 1 is 1.39 bits per heavy atom. The lowest BCUT2D eigenvalue weighted by Crippen LogP contribution is -2.29. The van der Waals surface area contributed by atoms with E-state index in [1.807, 2.05) is 0 Å². The third-order valence-corrected chi connectivity index (χ3v) is 4.49. The number of benzene rings is 1. The van der Waals surface area contributed by atoms with Crippen molar-refractivity contribution in [1.29, 1.82) is 0 Å². The van der Waals surface area contributed by atoms with Gasteiger partial charge in [0, 0.05) is 12.0 Å². The van der Waals surface area contributed by atoms with E-state index in [0.717, 1.165) is 12.8 Å². The second kappa shape index (κ2) is 5.02. The number of fused-ring (bicyclic) bond motifs is 2. The third kappa shape index (κ3) is 2.19. The zero-order valence-corrected chi connectivity index (χ0v) is 11.1. The smallest absolute Gasteiger partial charge is 0.0627 e. The van der Waals surface area contributed by atoms with Crippen LogP contribution in [0.25, 0.3) is 0 Å². The van der Waals surface area contributed by atoms with Crippen molar-refractivity contribution in [2.24, 2.45) is 11.7 Å². The van der Waals surface area contributed by atoms with Gasteiger partial charge in [-0.3, -0.25) is 0 Å². The fourth-order valence-corrected chi connectivity index (χ4v) is 3.55. The van der Waals surface area contributed by atoms with E-state index < -0.39 is 0 Å². The second-order valence-electron chi connectivity index (χ2n) is 5.79. The Bertz CT molecular complexity index is 417. The Hall–Kier alpha value is -0.860. The summed E-state index contributed by atoms with van der Waals surface area (Å²) in [7, 11) is 0. The standard InChI is InChI=1S/C16H23NO/c1-2-4-11-5-3-6-12(9-11)16(17)14-10-13-7-8-15(14)18-13/h3,5-6,9,13-16H,2,4,7-8,10,17H2,1H3. The minimum absolute atomic E-state index is 0.150. The quantitative estimate of drug-likeness (QED) is 0.884. The molecule has 0 amide bonds. The van der Waals surface area contributed by atoms with Gasteiger partial charge in [-0.05, 0) is 36.8 Å². The molecular weight excluding hydrogens is 222 g/mol. The van der Waals surface area contributed by atoms with E-state index in [1.165, 1.54) is 30.4 Å². The molecule has 2 heteroatoms. The van der Waals surface area contributed by atoms with Gasteiger partial charge in [0.2, 0.25) is 0 Å². The maximum atomic E-state index is 6.47. The molecule has 1 aromatic rings.